The maximum absolute atomic E-state index is 5.77. The van der Waals surface area contributed by atoms with Crippen molar-refractivity contribution in [3.63, 3.8) is 0 Å². The van der Waals surface area contributed by atoms with Gasteiger partial charge in [0.05, 0.1) is 6.20 Å². The molecular formula is C6H7Cl2N3. The number of aromatic nitrogens is 2. The fourth-order valence-corrected chi connectivity index (χ4v) is 1.04. The first-order valence-corrected chi connectivity index (χ1v) is 3.72. The van der Waals surface area contributed by atoms with Crippen LogP contribution in [-0.4, -0.2) is 24.1 Å². The van der Waals surface area contributed by atoms with Gasteiger partial charge < -0.3 is 4.90 Å². The van der Waals surface area contributed by atoms with E-state index in [1.54, 1.807) is 4.90 Å². The molecule has 0 unspecified atom stereocenters. The molecule has 60 valence electrons. The zero-order valence-electron chi connectivity index (χ0n) is 6.17. The van der Waals surface area contributed by atoms with Crippen LogP contribution in [0, 0.1) is 0 Å². The van der Waals surface area contributed by atoms with Gasteiger partial charge in [0.25, 0.3) is 0 Å². The summed E-state index contributed by atoms with van der Waals surface area (Å²) >= 11 is 11.3. The second-order valence-corrected chi connectivity index (χ2v) is 2.95. The van der Waals surface area contributed by atoms with E-state index in [1.807, 2.05) is 14.1 Å². The van der Waals surface area contributed by atoms with Gasteiger partial charge in [-0.25, -0.2) is 4.98 Å². The van der Waals surface area contributed by atoms with Crippen molar-refractivity contribution < 1.29 is 0 Å². The SMILES string of the molecule is CN(C)c1nc(Cl)ncc1Cl. The van der Waals surface area contributed by atoms with E-state index in [0.29, 0.717) is 10.8 Å². The lowest BCUT2D eigenvalue weighted by Crippen LogP contribution is -2.11. The number of hydrogen-bond acceptors (Lipinski definition) is 3. The van der Waals surface area contributed by atoms with Crippen molar-refractivity contribution in [3.05, 3.63) is 16.5 Å². The van der Waals surface area contributed by atoms with Gasteiger partial charge in [0.15, 0.2) is 5.82 Å². The first kappa shape index (κ1) is 8.56. The summed E-state index contributed by atoms with van der Waals surface area (Å²) in [6, 6.07) is 0. The fraction of sp³-hybridized carbons (Fsp3) is 0.333. The molecule has 11 heavy (non-hydrogen) atoms. The molecule has 0 bridgehead atoms. The summed E-state index contributed by atoms with van der Waals surface area (Å²) in [6.45, 7) is 0. The van der Waals surface area contributed by atoms with Crippen molar-refractivity contribution >= 4 is 29.0 Å². The molecule has 1 aromatic heterocycles. The van der Waals surface area contributed by atoms with E-state index in [4.69, 9.17) is 23.2 Å². The molecule has 3 nitrogen and oxygen atoms in total. The van der Waals surface area contributed by atoms with Crippen LogP contribution < -0.4 is 4.90 Å². The van der Waals surface area contributed by atoms with Crippen molar-refractivity contribution in [2.24, 2.45) is 0 Å². The van der Waals surface area contributed by atoms with Crippen molar-refractivity contribution in [2.75, 3.05) is 19.0 Å². The summed E-state index contributed by atoms with van der Waals surface area (Å²) in [6.07, 6.45) is 1.48. The van der Waals surface area contributed by atoms with Gasteiger partial charge in [0.2, 0.25) is 5.28 Å². The molecule has 1 aromatic rings. The molecule has 0 N–H and O–H groups in total. The molecule has 0 aliphatic rings. The Bertz CT molecular complexity index is 262. The Morgan fingerprint density at radius 1 is 1.36 bits per heavy atom. The minimum Gasteiger partial charge on any atom is -0.361 e. The maximum Gasteiger partial charge on any atom is 0.224 e. The standard InChI is InChI=1S/C6H7Cl2N3/c1-11(2)5-4(7)3-9-6(8)10-5/h3H,1-2H3. The summed E-state index contributed by atoms with van der Waals surface area (Å²) in [5, 5.41) is 0.706. The Kier molecular flexibility index (Phi) is 2.52. The van der Waals surface area contributed by atoms with Crippen LogP contribution in [0.5, 0.6) is 0 Å². The van der Waals surface area contributed by atoms with Crippen LogP contribution in [0.2, 0.25) is 10.3 Å². The van der Waals surface area contributed by atoms with Gasteiger partial charge in [0, 0.05) is 14.1 Å². The van der Waals surface area contributed by atoms with Crippen LogP contribution in [0.4, 0.5) is 5.82 Å². The van der Waals surface area contributed by atoms with Crippen molar-refractivity contribution in [1.82, 2.24) is 9.97 Å². The van der Waals surface area contributed by atoms with Gasteiger partial charge in [-0.15, -0.1) is 0 Å². The molecule has 0 saturated heterocycles. The molecule has 0 fully saturated rings. The number of rotatable bonds is 1. The molecule has 0 saturated carbocycles. The molecule has 0 radical (unpaired) electrons. The van der Waals surface area contributed by atoms with Crippen LogP contribution in [0.15, 0.2) is 6.20 Å². The van der Waals surface area contributed by atoms with Crippen molar-refractivity contribution in [3.8, 4) is 0 Å². The molecule has 1 heterocycles. The summed E-state index contributed by atoms with van der Waals surface area (Å²) < 4.78 is 0. The van der Waals surface area contributed by atoms with E-state index < -0.39 is 0 Å². The largest absolute Gasteiger partial charge is 0.361 e. The van der Waals surface area contributed by atoms with Gasteiger partial charge in [-0.05, 0) is 11.6 Å². The predicted molar refractivity (Wildman–Crippen MR) is 46.4 cm³/mol. The summed E-state index contributed by atoms with van der Waals surface area (Å²) in [4.78, 5) is 9.41. The molecule has 0 aliphatic carbocycles. The highest BCUT2D eigenvalue weighted by Crippen LogP contribution is 2.21. The Hall–Kier alpha value is -0.540. The third-order valence-electron chi connectivity index (χ3n) is 1.12. The fourth-order valence-electron chi connectivity index (χ4n) is 0.651. The minimum absolute atomic E-state index is 0.207. The van der Waals surface area contributed by atoms with E-state index in [0.717, 1.165) is 0 Å². The highest BCUT2D eigenvalue weighted by Gasteiger charge is 2.04. The zero-order chi connectivity index (χ0) is 8.43. The number of nitrogens with zero attached hydrogens (tertiary/aromatic N) is 3. The van der Waals surface area contributed by atoms with E-state index in [2.05, 4.69) is 9.97 Å². The number of halogens is 2. The first-order chi connectivity index (χ1) is 5.11. The van der Waals surface area contributed by atoms with Crippen molar-refractivity contribution in [1.29, 1.82) is 0 Å². The highest BCUT2D eigenvalue weighted by molar-refractivity contribution is 6.33. The van der Waals surface area contributed by atoms with Crippen LogP contribution in [0.25, 0.3) is 0 Å². The van der Waals surface area contributed by atoms with Gasteiger partial charge in [-0.3, -0.25) is 0 Å². The molecule has 0 spiro atoms. The van der Waals surface area contributed by atoms with E-state index in [9.17, 15) is 0 Å². The third-order valence-corrected chi connectivity index (χ3v) is 1.57. The molecule has 0 amide bonds. The van der Waals surface area contributed by atoms with Crippen LogP contribution in [0.3, 0.4) is 0 Å². The summed E-state index contributed by atoms with van der Waals surface area (Å²) in [5.74, 6) is 0.631. The van der Waals surface area contributed by atoms with Crippen LogP contribution >= 0.6 is 23.2 Å². The molecule has 0 aromatic carbocycles. The van der Waals surface area contributed by atoms with E-state index >= 15 is 0 Å². The second-order valence-electron chi connectivity index (χ2n) is 2.21. The second kappa shape index (κ2) is 3.24. The minimum atomic E-state index is 0.207. The lowest BCUT2D eigenvalue weighted by atomic mass is 10.5. The maximum atomic E-state index is 5.77. The zero-order valence-corrected chi connectivity index (χ0v) is 7.69. The van der Waals surface area contributed by atoms with Gasteiger partial charge in [-0.2, -0.15) is 4.98 Å². The van der Waals surface area contributed by atoms with Crippen LogP contribution in [-0.2, 0) is 0 Å². The summed E-state index contributed by atoms with van der Waals surface area (Å²) in [5.41, 5.74) is 0. The van der Waals surface area contributed by atoms with E-state index in [1.165, 1.54) is 6.20 Å². The predicted octanol–water partition coefficient (Wildman–Crippen LogP) is 1.85. The van der Waals surface area contributed by atoms with Crippen LogP contribution in [0.1, 0.15) is 0 Å². The third kappa shape index (κ3) is 1.94. The average Bonchev–Trinajstić information content (AvgIpc) is 1.94. The number of hydrogen-bond donors (Lipinski definition) is 0. The Labute approximate surface area is 75.0 Å². The summed E-state index contributed by atoms with van der Waals surface area (Å²) in [7, 11) is 3.68. The van der Waals surface area contributed by atoms with Gasteiger partial charge in [-0.1, -0.05) is 11.6 Å². The smallest absolute Gasteiger partial charge is 0.224 e. The topological polar surface area (TPSA) is 29.0 Å². The Morgan fingerprint density at radius 3 is 2.45 bits per heavy atom. The lowest BCUT2D eigenvalue weighted by molar-refractivity contribution is 1.04. The molecule has 5 heteroatoms. The van der Waals surface area contributed by atoms with Crippen molar-refractivity contribution in [2.45, 2.75) is 0 Å². The lowest BCUT2D eigenvalue weighted by Gasteiger charge is -2.11. The normalized spacial score (nSPS) is 9.82. The average molecular weight is 192 g/mol. The van der Waals surface area contributed by atoms with E-state index in [-0.39, 0.29) is 5.28 Å². The Balaban J connectivity index is 3.13. The van der Waals surface area contributed by atoms with Gasteiger partial charge >= 0.3 is 0 Å². The highest BCUT2D eigenvalue weighted by atomic mass is 35.5. The van der Waals surface area contributed by atoms with Gasteiger partial charge in [0.1, 0.15) is 5.02 Å². The first-order valence-electron chi connectivity index (χ1n) is 2.96. The molecular weight excluding hydrogens is 185 g/mol. The number of anilines is 1. The molecule has 0 atom stereocenters. The molecule has 1 rings (SSSR count). The quantitative estimate of drug-likeness (QED) is 0.635. The Morgan fingerprint density at radius 2 is 2.00 bits per heavy atom. The molecule has 0 aliphatic heterocycles. The monoisotopic (exact) mass is 191 g/mol.